The summed E-state index contributed by atoms with van der Waals surface area (Å²) in [6.07, 6.45) is 1.42. The predicted octanol–water partition coefficient (Wildman–Crippen LogP) is 2.39. The quantitative estimate of drug-likeness (QED) is 0.799. The van der Waals surface area contributed by atoms with E-state index in [0.29, 0.717) is 30.2 Å². The highest BCUT2D eigenvalue weighted by Crippen LogP contribution is 2.39. The lowest BCUT2D eigenvalue weighted by Crippen LogP contribution is -2.48. The molecule has 2 fully saturated rings. The molecule has 2 bridgehead atoms. The number of nitrogens with one attached hydrogen (secondary N) is 2. The average molecular weight is 415 g/mol. The van der Waals surface area contributed by atoms with E-state index in [1.807, 2.05) is 0 Å². The van der Waals surface area contributed by atoms with Crippen LogP contribution in [0.15, 0.2) is 53.4 Å². The van der Waals surface area contributed by atoms with E-state index in [4.69, 9.17) is 9.47 Å². The Morgan fingerprint density at radius 2 is 1.83 bits per heavy atom. The number of sulfonamides is 1. The molecule has 2 N–H and O–H groups in total. The highest BCUT2D eigenvalue weighted by Gasteiger charge is 2.47. The monoisotopic (exact) mass is 415 g/mol. The first kappa shape index (κ1) is 18.3. The summed E-state index contributed by atoms with van der Waals surface area (Å²) in [5.41, 5.74) is 0.642. The third-order valence-corrected chi connectivity index (χ3v) is 7.29. The molecule has 8 nitrogen and oxygen atoms in total. The smallest absolute Gasteiger partial charge is 0.322 e. The van der Waals surface area contributed by atoms with Gasteiger partial charge in [0.1, 0.15) is 0 Å². The van der Waals surface area contributed by atoms with Gasteiger partial charge in [-0.3, -0.25) is 0 Å². The van der Waals surface area contributed by atoms with Crippen molar-refractivity contribution in [2.24, 2.45) is 5.92 Å². The number of hydrogen-bond acceptors (Lipinski definition) is 5. The molecule has 2 aromatic carbocycles. The van der Waals surface area contributed by atoms with Gasteiger partial charge >= 0.3 is 6.03 Å². The number of benzene rings is 2. The van der Waals surface area contributed by atoms with Crippen molar-refractivity contribution in [2.45, 2.75) is 29.8 Å². The Morgan fingerprint density at radius 1 is 1.03 bits per heavy atom. The first-order chi connectivity index (χ1) is 14.0. The van der Waals surface area contributed by atoms with E-state index in [2.05, 4.69) is 10.0 Å². The van der Waals surface area contributed by atoms with Crippen LogP contribution in [-0.2, 0) is 10.0 Å². The summed E-state index contributed by atoms with van der Waals surface area (Å²) in [4.78, 5) is 14.8. The van der Waals surface area contributed by atoms with Crippen LogP contribution in [0.5, 0.6) is 11.5 Å². The Hall–Kier alpha value is -2.78. The number of anilines is 1. The standard InChI is InChI=1S/C20H21N3O5S/c24-20(21-14-6-7-18-19(9-14)28-12-27-18)23-11-13-8-15(23)10-17(13)22-29(25,26)16-4-2-1-3-5-16/h1-7,9,13,15,17,22H,8,10-12H2,(H,21,24). The lowest BCUT2D eigenvalue weighted by Gasteiger charge is -2.31. The Kier molecular flexibility index (Phi) is 4.36. The number of ether oxygens (including phenoxy) is 2. The molecular formula is C20H21N3O5S. The number of fused-ring (bicyclic) bond motifs is 3. The maximum atomic E-state index is 12.7. The first-order valence-corrected chi connectivity index (χ1v) is 11.0. The maximum absolute atomic E-state index is 12.7. The number of likely N-dealkylation sites (tertiary alicyclic amines) is 1. The summed E-state index contributed by atoms with van der Waals surface area (Å²) >= 11 is 0. The maximum Gasteiger partial charge on any atom is 0.322 e. The van der Waals surface area contributed by atoms with Gasteiger partial charge in [0.05, 0.1) is 4.90 Å². The number of piperidine rings is 1. The summed E-state index contributed by atoms with van der Waals surface area (Å²) in [5.74, 6) is 1.39. The van der Waals surface area contributed by atoms with Crippen molar-refractivity contribution in [2.75, 3.05) is 18.7 Å². The van der Waals surface area contributed by atoms with E-state index in [1.54, 1.807) is 53.4 Å². The summed E-state index contributed by atoms with van der Waals surface area (Å²) in [5, 5.41) is 2.90. The fourth-order valence-electron chi connectivity index (χ4n) is 4.38. The van der Waals surface area contributed by atoms with Gasteiger partial charge in [0.15, 0.2) is 11.5 Å². The number of rotatable bonds is 4. The van der Waals surface area contributed by atoms with Crippen molar-refractivity contribution in [3.8, 4) is 11.5 Å². The molecule has 0 spiro atoms. The van der Waals surface area contributed by atoms with Gasteiger partial charge in [-0.2, -0.15) is 0 Å². The molecule has 0 aromatic heterocycles. The van der Waals surface area contributed by atoms with Crippen LogP contribution in [0, 0.1) is 5.92 Å². The molecule has 2 heterocycles. The molecule has 152 valence electrons. The second kappa shape index (κ2) is 6.93. The van der Waals surface area contributed by atoms with E-state index < -0.39 is 10.0 Å². The van der Waals surface area contributed by atoms with Gasteiger partial charge in [0, 0.05) is 30.4 Å². The Balaban J connectivity index is 1.22. The van der Waals surface area contributed by atoms with Crippen LogP contribution in [0.1, 0.15) is 12.8 Å². The van der Waals surface area contributed by atoms with Crippen LogP contribution < -0.4 is 19.5 Å². The second-order valence-electron chi connectivity index (χ2n) is 7.58. The molecule has 29 heavy (non-hydrogen) atoms. The van der Waals surface area contributed by atoms with Crippen LogP contribution in [0.2, 0.25) is 0 Å². The van der Waals surface area contributed by atoms with Crippen molar-refractivity contribution in [3.63, 3.8) is 0 Å². The lowest BCUT2D eigenvalue weighted by atomic mass is 10.0. The summed E-state index contributed by atoms with van der Waals surface area (Å²) in [6.45, 7) is 0.714. The Bertz CT molecular complexity index is 1040. The highest BCUT2D eigenvalue weighted by atomic mass is 32.2. The molecular weight excluding hydrogens is 394 g/mol. The molecule has 1 saturated heterocycles. The van der Waals surface area contributed by atoms with Gasteiger partial charge in [0.25, 0.3) is 0 Å². The van der Waals surface area contributed by atoms with Crippen molar-refractivity contribution in [1.29, 1.82) is 0 Å². The minimum atomic E-state index is -3.55. The predicted molar refractivity (Wildman–Crippen MR) is 105 cm³/mol. The van der Waals surface area contributed by atoms with Crippen molar-refractivity contribution in [3.05, 3.63) is 48.5 Å². The minimum Gasteiger partial charge on any atom is -0.454 e. The van der Waals surface area contributed by atoms with Gasteiger partial charge in [-0.15, -0.1) is 0 Å². The topological polar surface area (TPSA) is 97.0 Å². The minimum absolute atomic E-state index is 0.0254. The molecule has 1 aliphatic carbocycles. The molecule has 2 aromatic rings. The molecule has 3 atom stereocenters. The van der Waals surface area contributed by atoms with E-state index in [0.717, 1.165) is 6.42 Å². The third-order valence-electron chi connectivity index (χ3n) is 5.79. The molecule has 2 amide bonds. The van der Waals surface area contributed by atoms with E-state index in [9.17, 15) is 13.2 Å². The zero-order valence-electron chi connectivity index (χ0n) is 15.6. The van der Waals surface area contributed by atoms with Crippen LogP contribution in [-0.4, -0.2) is 44.8 Å². The number of amides is 2. The molecule has 3 aliphatic rings. The van der Waals surface area contributed by atoms with Gasteiger partial charge < -0.3 is 19.7 Å². The fraction of sp³-hybridized carbons (Fsp3) is 0.350. The number of hydrogen-bond donors (Lipinski definition) is 2. The lowest BCUT2D eigenvalue weighted by molar-refractivity contribution is 0.174. The van der Waals surface area contributed by atoms with Crippen LogP contribution in [0.25, 0.3) is 0 Å². The van der Waals surface area contributed by atoms with E-state index in [1.165, 1.54) is 0 Å². The molecule has 5 rings (SSSR count). The second-order valence-corrected chi connectivity index (χ2v) is 9.29. The van der Waals surface area contributed by atoms with Crippen molar-refractivity contribution in [1.82, 2.24) is 9.62 Å². The molecule has 2 aliphatic heterocycles. The van der Waals surface area contributed by atoms with Gasteiger partial charge in [-0.05, 0) is 43.0 Å². The molecule has 1 saturated carbocycles. The summed E-state index contributed by atoms with van der Waals surface area (Å²) in [6, 6.07) is 13.3. The SMILES string of the molecule is O=C(Nc1ccc2c(c1)OCO2)N1CC2CC1CC2NS(=O)(=O)c1ccccc1. The first-order valence-electron chi connectivity index (χ1n) is 9.54. The number of nitrogens with zero attached hydrogens (tertiary/aromatic N) is 1. The zero-order chi connectivity index (χ0) is 20.0. The van der Waals surface area contributed by atoms with Crippen LogP contribution in [0.4, 0.5) is 10.5 Å². The Morgan fingerprint density at radius 3 is 2.59 bits per heavy atom. The van der Waals surface area contributed by atoms with E-state index in [-0.39, 0.29) is 35.7 Å². The number of carbonyl (C=O) groups is 1. The van der Waals surface area contributed by atoms with Crippen LogP contribution in [0.3, 0.4) is 0 Å². The fourth-order valence-corrected chi connectivity index (χ4v) is 5.72. The number of carbonyl (C=O) groups excluding carboxylic acids is 1. The summed E-state index contributed by atoms with van der Waals surface area (Å²) < 4.78 is 38.6. The zero-order valence-corrected chi connectivity index (χ0v) is 16.4. The third kappa shape index (κ3) is 3.40. The Labute approximate surface area is 168 Å². The van der Waals surface area contributed by atoms with Gasteiger partial charge in [-0.1, -0.05) is 18.2 Å². The molecule has 3 unspecified atom stereocenters. The molecule has 0 radical (unpaired) electrons. The van der Waals surface area contributed by atoms with Crippen molar-refractivity contribution < 1.29 is 22.7 Å². The van der Waals surface area contributed by atoms with Gasteiger partial charge in [-0.25, -0.2) is 17.9 Å². The van der Waals surface area contributed by atoms with Gasteiger partial charge in [0.2, 0.25) is 16.8 Å². The van der Waals surface area contributed by atoms with Crippen LogP contribution >= 0.6 is 0 Å². The normalized spacial score (nSPS) is 24.7. The highest BCUT2D eigenvalue weighted by molar-refractivity contribution is 7.89. The largest absolute Gasteiger partial charge is 0.454 e. The van der Waals surface area contributed by atoms with E-state index >= 15 is 0 Å². The summed E-state index contributed by atoms with van der Waals surface area (Å²) in [7, 11) is -3.55. The average Bonchev–Trinajstić information content (AvgIpc) is 3.43. The molecule has 9 heteroatoms. The van der Waals surface area contributed by atoms with Crippen molar-refractivity contribution >= 4 is 21.7 Å². The number of urea groups is 1.